The number of nitrogens with zero attached hydrogens (tertiary/aromatic N) is 1. The Labute approximate surface area is 161 Å². The zero-order chi connectivity index (χ0) is 21.1. The van der Waals surface area contributed by atoms with E-state index in [2.05, 4.69) is 10.6 Å². The number of hydrogen-bond donors (Lipinski definition) is 2. The largest absolute Gasteiger partial charge is 0.416 e. The van der Waals surface area contributed by atoms with Crippen molar-refractivity contribution in [3.63, 3.8) is 0 Å². The summed E-state index contributed by atoms with van der Waals surface area (Å²) in [6.07, 6.45) is -4.50. The number of nitrogens with one attached hydrogen (secondary N) is 2. The molecule has 0 radical (unpaired) electrons. The van der Waals surface area contributed by atoms with Gasteiger partial charge < -0.3 is 15.5 Å². The number of rotatable bonds is 4. The van der Waals surface area contributed by atoms with Crippen LogP contribution >= 0.6 is 0 Å². The molecule has 0 unspecified atom stereocenters. The Kier molecular flexibility index (Phi) is 6.33. The molecule has 2 aromatic carbocycles. The van der Waals surface area contributed by atoms with Crippen molar-refractivity contribution in [3.05, 3.63) is 58.7 Å². The number of anilines is 2. The van der Waals surface area contributed by atoms with Crippen molar-refractivity contribution in [3.8, 4) is 0 Å². The van der Waals surface area contributed by atoms with E-state index in [1.807, 2.05) is 32.9 Å². The van der Waals surface area contributed by atoms with E-state index in [0.717, 1.165) is 33.7 Å². The zero-order valence-corrected chi connectivity index (χ0v) is 16.1. The minimum atomic E-state index is -4.50. The lowest BCUT2D eigenvalue weighted by Crippen LogP contribution is -2.37. The summed E-state index contributed by atoms with van der Waals surface area (Å²) in [5.74, 6) is -0.406. The first kappa shape index (κ1) is 21.3. The van der Waals surface area contributed by atoms with Crippen LogP contribution in [0.5, 0.6) is 0 Å². The van der Waals surface area contributed by atoms with Crippen LogP contribution in [0.15, 0.2) is 36.4 Å². The molecule has 0 spiro atoms. The van der Waals surface area contributed by atoms with Crippen molar-refractivity contribution in [1.82, 2.24) is 4.90 Å². The Morgan fingerprint density at radius 2 is 1.61 bits per heavy atom. The smallest absolute Gasteiger partial charge is 0.324 e. The second kappa shape index (κ2) is 8.33. The summed E-state index contributed by atoms with van der Waals surface area (Å²) in [4.78, 5) is 25.6. The van der Waals surface area contributed by atoms with Crippen molar-refractivity contribution in [2.24, 2.45) is 0 Å². The van der Waals surface area contributed by atoms with Crippen molar-refractivity contribution in [2.45, 2.75) is 26.9 Å². The van der Waals surface area contributed by atoms with Crippen LogP contribution in [-0.4, -0.2) is 30.4 Å². The molecule has 0 saturated carbocycles. The Bertz CT molecular complexity index is 872. The second-order valence-electron chi connectivity index (χ2n) is 6.69. The predicted molar refractivity (Wildman–Crippen MR) is 102 cm³/mol. The molecule has 5 nitrogen and oxygen atoms in total. The second-order valence-corrected chi connectivity index (χ2v) is 6.69. The van der Waals surface area contributed by atoms with Gasteiger partial charge in [-0.1, -0.05) is 23.8 Å². The highest BCUT2D eigenvalue weighted by molar-refractivity contribution is 5.97. The predicted octanol–water partition coefficient (Wildman–Crippen LogP) is 4.73. The Morgan fingerprint density at radius 3 is 2.18 bits per heavy atom. The average Bonchev–Trinajstić information content (AvgIpc) is 2.57. The first-order chi connectivity index (χ1) is 13.0. The summed E-state index contributed by atoms with van der Waals surface area (Å²) < 4.78 is 38.3. The molecule has 0 heterocycles. The molecule has 3 amide bonds. The lowest BCUT2D eigenvalue weighted by molar-refractivity contribution is -0.137. The van der Waals surface area contributed by atoms with Gasteiger partial charge in [0.2, 0.25) is 5.91 Å². The minimum Gasteiger partial charge on any atom is -0.324 e. The Hall–Kier alpha value is -3.03. The van der Waals surface area contributed by atoms with Gasteiger partial charge in [0.05, 0.1) is 5.56 Å². The van der Waals surface area contributed by atoms with Crippen LogP contribution in [0.25, 0.3) is 0 Å². The number of hydrogen-bond acceptors (Lipinski definition) is 2. The van der Waals surface area contributed by atoms with Crippen LogP contribution in [0.3, 0.4) is 0 Å². The van der Waals surface area contributed by atoms with E-state index in [1.165, 1.54) is 19.2 Å². The number of likely N-dealkylation sites (N-methyl/N-ethyl adjacent to an activating group) is 1. The summed E-state index contributed by atoms with van der Waals surface area (Å²) in [6.45, 7) is 5.45. The quantitative estimate of drug-likeness (QED) is 0.789. The Morgan fingerprint density at radius 1 is 1.00 bits per heavy atom. The lowest BCUT2D eigenvalue weighted by Gasteiger charge is -2.19. The van der Waals surface area contributed by atoms with Gasteiger partial charge in [0.25, 0.3) is 0 Å². The molecule has 0 aliphatic heterocycles. The number of carbonyl (C=O) groups is 2. The van der Waals surface area contributed by atoms with E-state index in [-0.39, 0.29) is 12.2 Å². The topological polar surface area (TPSA) is 61.4 Å². The fourth-order valence-corrected chi connectivity index (χ4v) is 2.84. The highest BCUT2D eigenvalue weighted by Crippen LogP contribution is 2.30. The van der Waals surface area contributed by atoms with Crippen LogP contribution in [0.1, 0.15) is 22.3 Å². The maximum absolute atomic E-state index is 12.8. The zero-order valence-electron chi connectivity index (χ0n) is 16.1. The molecule has 0 saturated heterocycles. The third-order valence-electron chi connectivity index (χ3n) is 4.11. The van der Waals surface area contributed by atoms with Gasteiger partial charge in [-0.05, 0) is 50.1 Å². The third-order valence-corrected chi connectivity index (χ3v) is 4.11. The minimum absolute atomic E-state index is 0.00249. The van der Waals surface area contributed by atoms with Gasteiger partial charge >= 0.3 is 12.2 Å². The van der Waals surface area contributed by atoms with E-state index in [9.17, 15) is 22.8 Å². The van der Waals surface area contributed by atoms with Gasteiger partial charge in [-0.2, -0.15) is 13.2 Å². The molecule has 8 heteroatoms. The fraction of sp³-hybridized carbons (Fsp3) is 0.300. The van der Waals surface area contributed by atoms with Crippen LogP contribution in [0, 0.1) is 20.8 Å². The number of benzene rings is 2. The molecule has 0 aliphatic carbocycles. The van der Waals surface area contributed by atoms with E-state index in [4.69, 9.17) is 0 Å². The molecule has 2 rings (SSSR count). The molecule has 2 N–H and O–H groups in total. The summed E-state index contributed by atoms with van der Waals surface area (Å²) in [7, 11) is 1.39. The van der Waals surface area contributed by atoms with E-state index >= 15 is 0 Å². The number of urea groups is 1. The summed E-state index contributed by atoms with van der Waals surface area (Å²) in [6, 6.07) is 7.49. The molecule has 0 bridgehead atoms. The summed E-state index contributed by atoms with van der Waals surface area (Å²) in [5.41, 5.74) is 2.70. The average molecular weight is 393 g/mol. The molecule has 0 aromatic heterocycles. The van der Waals surface area contributed by atoms with E-state index in [1.54, 1.807) is 0 Å². The van der Waals surface area contributed by atoms with Gasteiger partial charge in [-0.25, -0.2) is 4.79 Å². The maximum atomic E-state index is 12.8. The molecular weight excluding hydrogens is 371 g/mol. The number of carbonyl (C=O) groups excluding carboxylic acids is 2. The first-order valence-corrected chi connectivity index (χ1v) is 8.54. The number of alkyl halides is 3. The van der Waals surface area contributed by atoms with Crippen molar-refractivity contribution in [2.75, 3.05) is 24.2 Å². The molecule has 2 aromatic rings. The van der Waals surface area contributed by atoms with Crippen LogP contribution in [0.4, 0.5) is 29.3 Å². The normalized spacial score (nSPS) is 11.1. The molecule has 28 heavy (non-hydrogen) atoms. The molecule has 0 aliphatic rings. The van der Waals surface area contributed by atoms with Gasteiger partial charge in [0, 0.05) is 18.4 Å². The number of halogens is 3. The SMILES string of the molecule is Cc1cc(C)c(NC(=O)CN(C)C(=O)Nc2cccc(C(F)(F)F)c2)c(C)c1. The first-order valence-electron chi connectivity index (χ1n) is 8.54. The lowest BCUT2D eigenvalue weighted by atomic mass is 10.1. The van der Waals surface area contributed by atoms with Crippen molar-refractivity contribution in [1.29, 1.82) is 0 Å². The van der Waals surface area contributed by atoms with Crippen molar-refractivity contribution >= 4 is 23.3 Å². The Balaban J connectivity index is 2.00. The van der Waals surface area contributed by atoms with E-state index in [0.29, 0.717) is 5.69 Å². The molecule has 150 valence electrons. The highest BCUT2D eigenvalue weighted by atomic mass is 19.4. The number of amides is 3. The summed E-state index contributed by atoms with van der Waals surface area (Å²) in [5, 5.41) is 5.14. The van der Waals surface area contributed by atoms with Crippen LogP contribution in [-0.2, 0) is 11.0 Å². The summed E-state index contributed by atoms with van der Waals surface area (Å²) >= 11 is 0. The highest BCUT2D eigenvalue weighted by Gasteiger charge is 2.30. The maximum Gasteiger partial charge on any atom is 0.416 e. The van der Waals surface area contributed by atoms with E-state index < -0.39 is 23.7 Å². The fourth-order valence-electron chi connectivity index (χ4n) is 2.84. The van der Waals surface area contributed by atoms with Gasteiger partial charge in [-0.3, -0.25) is 4.79 Å². The third kappa shape index (κ3) is 5.48. The van der Waals surface area contributed by atoms with Gasteiger partial charge in [0.1, 0.15) is 6.54 Å². The van der Waals surface area contributed by atoms with Gasteiger partial charge in [-0.15, -0.1) is 0 Å². The molecule has 0 atom stereocenters. The van der Waals surface area contributed by atoms with Gasteiger partial charge in [0.15, 0.2) is 0 Å². The monoisotopic (exact) mass is 393 g/mol. The van der Waals surface area contributed by atoms with Crippen LogP contribution < -0.4 is 10.6 Å². The molecular formula is C20H22F3N3O2. The van der Waals surface area contributed by atoms with Crippen LogP contribution in [0.2, 0.25) is 0 Å². The number of aryl methyl sites for hydroxylation is 3. The van der Waals surface area contributed by atoms with Crippen molar-refractivity contribution < 1.29 is 22.8 Å². The molecule has 0 fully saturated rings. The standard InChI is InChI=1S/C20H22F3N3O2/c1-12-8-13(2)18(14(3)9-12)25-17(27)11-26(4)19(28)24-16-7-5-6-15(10-16)20(21,22)23/h5-10H,11H2,1-4H3,(H,24,28)(H,25,27).